The minimum Gasteiger partial charge on any atom is -0.495 e. The summed E-state index contributed by atoms with van der Waals surface area (Å²) in [4.78, 5) is 14.1. The predicted molar refractivity (Wildman–Crippen MR) is 75.3 cm³/mol. The van der Waals surface area contributed by atoms with Gasteiger partial charge in [-0.15, -0.1) is 0 Å². The molecule has 1 aromatic carbocycles. The normalized spacial score (nSPS) is 17.2. The first-order valence-electron chi connectivity index (χ1n) is 6.60. The molecule has 0 spiro atoms. The summed E-state index contributed by atoms with van der Waals surface area (Å²) >= 11 is 0. The van der Waals surface area contributed by atoms with E-state index in [1.807, 2.05) is 24.3 Å². The molecule has 0 aromatic heterocycles. The van der Waals surface area contributed by atoms with Crippen LogP contribution < -0.4 is 15.8 Å². The summed E-state index contributed by atoms with van der Waals surface area (Å²) in [5, 5.41) is 2.88. The number of amides is 1. The Bertz CT molecular complexity index is 428. The maximum Gasteiger partial charge on any atom is 0.238 e. The van der Waals surface area contributed by atoms with Crippen LogP contribution in [0, 0.1) is 0 Å². The van der Waals surface area contributed by atoms with Crippen molar-refractivity contribution in [2.75, 3.05) is 32.1 Å². The van der Waals surface area contributed by atoms with E-state index in [-0.39, 0.29) is 11.9 Å². The van der Waals surface area contributed by atoms with Crippen molar-refractivity contribution in [3.8, 4) is 5.75 Å². The molecule has 1 amide bonds. The number of anilines is 1. The van der Waals surface area contributed by atoms with Crippen LogP contribution in [-0.2, 0) is 4.79 Å². The fourth-order valence-electron chi connectivity index (χ4n) is 2.25. The molecule has 0 bridgehead atoms. The van der Waals surface area contributed by atoms with Crippen molar-refractivity contribution in [2.24, 2.45) is 5.73 Å². The maximum atomic E-state index is 12.0. The Morgan fingerprint density at radius 3 is 2.79 bits per heavy atom. The van der Waals surface area contributed by atoms with Crippen LogP contribution in [0.1, 0.15) is 12.8 Å². The van der Waals surface area contributed by atoms with Crippen molar-refractivity contribution in [1.82, 2.24) is 4.90 Å². The summed E-state index contributed by atoms with van der Waals surface area (Å²) in [5.74, 6) is 0.663. The Labute approximate surface area is 113 Å². The monoisotopic (exact) mass is 263 g/mol. The fourth-order valence-corrected chi connectivity index (χ4v) is 2.25. The first kappa shape index (κ1) is 13.8. The third-order valence-corrected chi connectivity index (χ3v) is 3.38. The van der Waals surface area contributed by atoms with Crippen molar-refractivity contribution in [3.63, 3.8) is 0 Å². The highest BCUT2D eigenvalue weighted by Gasteiger charge is 2.18. The summed E-state index contributed by atoms with van der Waals surface area (Å²) in [5.41, 5.74) is 6.56. The zero-order chi connectivity index (χ0) is 13.7. The van der Waals surface area contributed by atoms with E-state index in [9.17, 15) is 4.79 Å². The van der Waals surface area contributed by atoms with E-state index in [2.05, 4.69) is 10.2 Å². The van der Waals surface area contributed by atoms with Crippen molar-refractivity contribution in [1.29, 1.82) is 0 Å². The van der Waals surface area contributed by atoms with Crippen molar-refractivity contribution < 1.29 is 9.53 Å². The zero-order valence-corrected chi connectivity index (χ0v) is 11.3. The van der Waals surface area contributed by atoms with Gasteiger partial charge in [-0.25, -0.2) is 0 Å². The van der Waals surface area contributed by atoms with Crippen molar-refractivity contribution in [3.05, 3.63) is 24.3 Å². The summed E-state index contributed by atoms with van der Waals surface area (Å²) in [6, 6.07) is 7.70. The minimum atomic E-state index is -0.0139. The molecule has 5 heteroatoms. The second-order valence-electron chi connectivity index (χ2n) is 4.86. The number of methoxy groups -OCH3 is 1. The quantitative estimate of drug-likeness (QED) is 0.852. The molecule has 104 valence electrons. The van der Waals surface area contributed by atoms with Gasteiger partial charge in [0.15, 0.2) is 0 Å². The molecule has 0 radical (unpaired) electrons. The molecule has 0 atom stereocenters. The summed E-state index contributed by atoms with van der Waals surface area (Å²) in [6.07, 6.45) is 1.92. The lowest BCUT2D eigenvalue weighted by molar-refractivity contribution is -0.117. The van der Waals surface area contributed by atoms with E-state index in [4.69, 9.17) is 10.5 Å². The Hall–Kier alpha value is -1.59. The number of likely N-dealkylation sites (tertiary alicyclic amines) is 1. The number of hydrogen-bond acceptors (Lipinski definition) is 4. The number of nitrogens with zero attached hydrogens (tertiary/aromatic N) is 1. The van der Waals surface area contributed by atoms with Crippen LogP contribution in [0.4, 0.5) is 5.69 Å². The molecule has 3 N–H and O–H groups in total. The second-order valence-corrected chi connectivity index (χ2v) is 4.86. The molecule has 0 aliphatic carbocycles. The molecule has 1 aliphatic rings. The first-order valence-corrected chi connectivity index (χ1v) is 6.60. The SMILES string of the molecule is COc1ccccc1NC(=O)CN1CCC(N)CC1. The Balaban J connectivity index is 1.87. The van der Waals surface area contributed by atoms with Crippen molar-refractivity contribution in [2.45, 2.75) is 18.9 Å². The van der Waals surface area contributed by atoms with Crippen LogP contribution in [0.25, 0.3) is 0 Å². The smallest absolute Gasteiger partial charge is 0.238 e. The van der Waals surface area contributed by atoms with E-state index in [0.717, 1.165) is 25.9 Å². The van der Waals surface area contributed by atoms with E-state index in [1.165, 1.54) is 0 Å². The average molecular weight is 263 g/mol. The van der Waals surface area contributed by atoms with Crippen LogP contribution in [0.2, 0.25) is 0 Å². The lowest BCUT2D eigenvalue weighted by atomic mass is 10.1. The Kier molecular flexibility index (Phi) is 4.76. The molecular formula is C14H21N3O2. The standard InChI is InChI=1S/C14H21N3O2/c1-19-13-5-3-2-4-12(13)16-14(18)10-17-8-6-11(15)7-9-17/h2-5,11H,6-10,15H2,1H3,(H,16,18). The summed E-state index contributed by atoms with van der Waals surface area (Å²) in [7, 11) is 1.59. The largest absolute Gasteiger partial charge is 0.495 e. The van der Waals surface area contributed by atoms with Crippen molar-refractivity contribution >= 4 is 11.6 Å². The number of hydrogen-bond donors (Lipinski definition) is 2. The third-order valence-electron chi connectivity index (χ3n) is 3.38. The molecule has 19 heavy (non-hydrogen) atoms. The lowest BCUT2D eigenvalue weighted by Gasteiger charge is -2.29. The number of rotatable bonds is 4. The molecular weight excluding hydrogens is 242 g/mol. The maximum absolute atomic E-state index is 12.0. The molecule has 1 heterocycles. The average Bonchev–Trinajstić information content (AvgIpc) is 2.42. The molecule has 2 rings (SSSR count). The van der Waals surface area contributed by atoms with Crippen LogP contribution in [-0.4, -0.2) is 43.6 Å². The Morgan fingerprint density at radius 2 is 2.11 bits per heavy atom. The molecule has 1 aliphatic heterocycles. The van der Waals surface area contributed by atoms with Gasteiger partial charge in [0.1, 0.15) is 5.75 Å². The number of para-hydroxylation sites is 2. The van der Waals surface area contributed by atoms with Gasteiger partial charge in [0.25, 0.3) is 0 Å². The van der Waals surface area contributed by atoms with Gasteiger partial charge in [0.05, 0.1) is 19.3 Å². The number of carbonyl (C=O) groups excluding carboxylic acids is 1. The number of carbonyl (C=O) groups is 1. The Morgan fingerprint density at radius 1 is 1.42 bits per heavy atom. The van der Waals surface area contributed by atoms with Gasteiger partial charge in [-0.3, -0.25) is 9.69 Å². The summed E-state index contributed by atoms with van der Waals surface area (Å²) in [6.45, 7) is 2.19. The second kappa shape index (κ2) is 6.54. The van der Waals surface area contributed by atoms with E-state index < -0.39 is 0 Å². The third kappa shape index (κ3) is 3.94. The van der Waals surface area contributed by atoms with E-state index >= 15 is 0 Å². The van der Waals surface area contributed by atoms with E-state index in [1.54, 1.807) is 7.11 Å². The first-order chi connectivity index (χ1) is 9.19. The van der Waals surface area contributed by atoms with E-state index in [0.29, 0.717) is 18.0 Å². The molecule has 1 fully saturated rings. The number of nitrogens with one attached hydrogen (secondary N) is 1. The molecule has 1 saturated heterocycles. The number of benzene rings is 1. The lowest BCUT2D eigenvalue weighted by Crippen LogP contribution is -2.43. The zero-order valence-electron chi connectivity index (χ0n) is 11.3. The number of ether oxygens (including phenoxy) is 1. The summed E-state index contributed by atoms with van der Waals surface area (Å²) < 4.78 is 5.21. The molecule has 1 aromatic rings. The highest BCUT2D eigenvalue weighted by atomic mass is 16.5. The topological polar surface area (TPSA) is 67.6 Å². The van der Waals surface area contributed by atoms with Gasteiger partial charge in [-0.2, -0.15) is 0 Å². The highest BCUT2D eigenvalue weighted by molar-refractivity contribution is 5.93. The fraction of sp³-hybridized carbons (Fsp3) is 0.500. The molecule has 0 unspecified atom stereocenters. The number of piperidine rings is 1. The van der Waals surface area contributed by atoms with Gasteiger partial charge in [-0.1, -0.05) is 12.1 Å². The molecule has 5 nitrogen and oxygen atoms in total. The van der Waals surface area contributed by atoms with Gasteiger partial charge < -0.3 is 15.8 Å². The minimum absolute atomic E-state index is 0.0139. The van der Waals surface area contributed by atoms with Crippen LogP contribution in [0.15, 0.2) is 24.3 Å². The predicted octanol–water partition coefficient (Wildman–Crippen LogP) is 1.06. The molecule has 0 saturated carbocycles. The van der Waals surface area contributed by atoms with Crippen LogP contribution in [0.3, 0.4) is 0 Å². The van der Waals surface area contributed by atoms with Crippen LogP contribution in [0.5, 0.6) is 5.75 Å². The van der Waals surface area contributed by atoms with Gasteiger partial charge in [-0.05, 0) is 25.0 Å². The number of nitrogens with two attached hydrogens (primary N) is 1. The van der Waals surface area contributed by atoms with Gasteiger partial charge >= 0.3 is 0 Å². The van der Waals surface area contributed by atoms with Gasteiger partial charge in [0, 0.05) is 19.1 Å². The van der Waals surface area contributed by atoms with Gasteiger partial charge in [0.2, 0.25) is 5.91 Å². The van der Waals surface area contributed by atoms with Crippen LogP contribution >= 0.6 is 0 Å². The highest BCUT2D eigenvalue weighted by Crippen LogP contribution is 2.22.